The topological polar surface area (TPSA) is 76.1 Å². The van der Waals surface area contributed by atoms with Crippen LogP contribution in [0, 0.1) is 0 Å². The van der Waals surface area contributed by atoms with Crippen molar-refractivity contribution in [3.8, 4) is 0 Å². The standard InChI is InChI=1S/C46H91NO5/c1-5-9-12-15-18-19-23-27-34-43(8-4)51-45(49)38-31-26-33-40-47(41-42-48)39-32-25-20-24-30-37-46(50)52-44(35-28-21-16-13-10-6-2)36-29-22-17-14-11-7-3/h43-44,48H,5-42H2,1-4H3. The molecule has 0 aromatic carbocycles. The summed E-state index contributed by atoms with van der Waals surface area (Å²) in [6.07, 6.45) is 39.4. The van der Waals surface area contributed by atoms with Gasteiger partial charge in [-0.25, -0.2) is 0 Å². The maximum atomic E-state index is 12.7. The van der Waals surface area contributed by atoms with Gasteiger partial charge in [-0.15, -0.1) is 0 Å². The monoisotopic (exact) mass is 738 g/mol. The van der Waals surface area contributed by atoms with Crippen molar-refractivity contribution in [1.82, 2.24) is 4.90 Å². The Kier molecular flexibility index (Phi) is 40.1. The lowest BCUT2D eigenvalue weighted by Gasteiger charge is -2.21. The van der Waals surface area contributed by atoms with Crippen molar-refractivity contribution in [2.45, 2.75) is 258 Å². The van der Waals surface area contributed by atoms with Gasteiger partial charge in [-0.3, -0.25) is 9.59 Å². The summed E-state index contributed by atoms with van der Waals surface area (Å²) in [4.78, 5) is 27.5. The molecule has 310 valence electrons. The molecule has 0 radical (unpaired) electrons. The zero-order valence-electron chi connectivity index (χ0n) is 35.6. The van der Waals surface area contributed by atoms with Crippen LogP contribution in [0.5, 0.6) is 0 Å². The molecule has 0 fully saturated rings. The Hall–Kier alpha value is -1.14. The van der Waals surface area contributed by atoms with E-state index in [4.69, 9.17) is 9.47 Å². The molecule has 0 aliphatic carbocycles. The van der Waals surface area contributed by atoms with Crippen molar-refractivity contribution in [1.29, 1.82) is 0 Å². The highest BCUT2D eigenvalue weighted by Crippen LogP contribution is 2.19. The van der Waals surface area contributed by atoms with Crippen LogP contribution in [0.3, 0.4) is 0 Å². The van der Waals surface area contributed by atoms with Crippen LogP contribution in [0.1, 0.15) is 246 Å². The summed E-state index contributed by atoms with van der Waals surface area (Å²) in [5, 5.41) is 9.58. The predicted octanol–water partition coefficient (Wildman–Crippen LogP) is 13.4. The van der Waals surface area contributed by atoms with Gasteiger partial charge in [0.2, 0.25) is 0 Å². The lowest BCUT2D eigenvalue weighted by atomic mass is 10.0. The molecule has 1 unspecified atom stereocenters. The molecule has 0 saturated heterocycles. The Morgan fingerprint density at radius 3 is 1.15 bits per heavy atom. The largest absolute Gasteiger partial charge is 0.462 e. The number of hydrogen-bond donors (Lipinski definition) is 1. The summed E-state index contributed by atoms with van der Waals surface area (Å²) < 4.78 is 11.8. The lowest BCUT2D eigenvalue weighted by molar-refractivity contribution is -0.150. The zero-order chi connectivity index (χ0) is 38.2. The van der Waals surface area contributed by atoms with Crippen LogP contribution < -0.4 is 0 Å². The summed E-state index contributed by atoms with van der Waals surface area (Å²) in [6, 6.07) is 0. The van der Waals surface area contributed by atoms with Crippen molar-refractivity contribution in [2.24, 2.45) is 0 Å². The first-order valence-corrected chi connectivity index (χ1v) is 23.2. The number of aliphatic hydroxyl groups excluding tert-OH is 1. The number of unbranched alkanes of at least 4 members (excludes halogenated alkanes) is 23. The number of esters is 2. The zero-order valence-corrected chi connectivity index (χ0v) is 35.6. The molecule has 0 aliphatic heterocycles. The molecule has 52 heavy (non-hydrogen) atoms. The third-order valence-corrected chi connectivity index (χ3v) is 10.8. The molecule has 6 nitrogen and oxygen atoms in total. The summed E-state index contributed by atoms with van der Waals surface area (Å²) in [5.74, 6) is -0.0265. The number of carbonyl (C=O) groups is 2. The first kappa shape index (κ1) is 50.9. The van der Waals surface area contributed by atoms with E-state index in [1.165, 1.54) is 122 Å². The van der Waals surface area contributed by atoms with Crippen LogP contribution in [0.25, 0.3) is 0 Å². The van der Waals surface area contributed by atoms with Gasteiger partial charge in [-0.2, -0.15) is 0 Å². The van der Waals surface area contributed by atoms with E-state index in [9.17, 15) is 14.7 Å². The van der Waals surface area contributed by atoms with E-state index in [0.29, 0.717) is 19.4 Å². The van der Waals surface area contributed by atoms with Crippen LogP contribution in [0.2, 0.25) is 0 Å². The Morgan fingerprint density at radius 1 is 0.423 bits per heavy atom. The van der Waals surface area contributed by atoms with Gasteiger partial charge in [0, 0.05) is 19.4 Å². The predicted molar refractivity (Wildman–Crippen MR) is 223 cm³/mol. The number of ether oxygens (including phenoxy) is 2. The van der Waals surface area contributed by atoms with Crippen molar-refractivity contribution in [3.63, 3.8) is 0 Å². The number of aliphatic hydroxyl groups is 1. The van der Waals surface area contributed by atoms with Crippen molar-refractivity contribution in [3.05, 3.63) is 0 Å². The number of hydrogen-bond acceptors (Lipinski definition) is 6. The van der Waals surface area contributed by atoms with Gasteiger partial charge >= 0.3 is 11.9 Å². The Labute approximate surface area is 324 Å². The molecule has 0 amide bonds. The van der Waals surface area contributed by atoms with E-state index < -0.39 is 0 Å². The van der Waals surface area contributed by atoms with Crippen LogP contribution in [0.15, 0.2) is 0 Å². The van der Waals surface area contributed by atoms with Crippen LogP contribution in [-0.4, -0.2) is 60.4 Å². The molecule has 0 aromatic rings. The normalized spacial score (nSPS) is 12.2. The Balaban J connectivity index is 4.09. The van der Waals surface area contributed by atoms with E-state index in [1.807, 2.05) is 0 Å². The molecule has 0 spiro atoms. The third kappa shape index (κ3) is 35.9. The molecule has 1 N–H and O–H groups in total. The molecule has 0 rings (SSSR count). The molecule has 0 heterocycles. The maximum absolute atomic E-state index is 12.7. The molecule has 0 aromatic heterocycles. The van der Waals surface area contributed by atoms with Crippen molar-refractivity contribution >= 4 is 11.9 Å². The molecule has 6 heteroatoms. The van der Waals surface area contributed by atoms with Crippen molar-refractivity contribution < 1.29 is 24.2 Å². The van der Waals surface area contributed by atoms with Gasteiger partial charge in [-0.05, 0) is 83.7 Å². The van der Waals surface area contributed by atoms with Crippen LogP contribution in [-0.2, 0) is 19.1 Å². The van der Waals surface area contributed by atoms with Gasteiger partial charge in [-0.1, -0.05) is 163 Å². The smallest absolute Gasteiger partial charge is 0.306 e. The third-order valence-electron chi connectivity index (χ3n) is 10.8. The highest BCUT2D eigenvalue weighted by Gasteiger charge is 2.15. The summed E-state index contributed by atoms with van der Waals surface area (Å²) in [7, 11) is 0. The van der Waals surface area contributed by atoms with Crippen LogP contribution in [0.4, 0.5) is 0 Å². The SMILES string of the molecule is CCCCCCCCCCC(CC)OC(=O)CCCCCN(CCO)CCCCCCCC(=O)OC(CCCCCCCC)CCCCCCCC. The van der Waals surface area contributed by atoms with E-state index in [0.717, 1.165) is 96.6 Å². The fraction of sp³-hybridized carbons (Fsp3) is 0.957. The number of rotatable bonds is 42. The van der Waals surface area contributed by atoms with Gasteiger partial charge in [0.1, 0.15) is 12.2 Å². The van der Waals surface area contributed by atoms with E-state index in [2.05, 4.69) is 32.6 Å². The Morgan fingerprint density at radius 2 is 0.750 bits per heavy atom. The summed E-state index contributed by atoms with van der Waals surface area (Å²) in [5.41, 5.74) is 0. The molecule has 0 saturated carbocycles. The minimum atomic E-state index is -0.0342. The van der Waals surface area contributed by atoms with E-state index in [1.54, 1.807) is 0 Å². The minimum Gasteiger partial charge on any atom is -0.462 e. The van der Waals surface area contributed by atoms with Gasteiger partial charge < -0.3 is 19.5 Å². The van der Waals surface area contributed by atoms with E-state index in [-0.39, 0.29) is 30.8 Å². The molecule has 0 bridgehead atoms. The summed E-state index contributed by atoms with van der Waals surface area (Å²) >= 11 is 0. The second-order valence-corrected chi connectivity index (χ2v) is 15.9. The first-order valence-electron chi connectivity index (χ1n) is 23.2. The lowest BCUT2D eigenvalue weighted by Crippen LogP contribution is -2.29. The first-order chi connectivity index (χ1) is 25.5. The average Bonchev–Trinajstić information content (AvgIpc) is 3.14. The second kappa shape index (κ2) is 41.0. The molecular weight excluding hydrogens is 647 g/mol. The number of nitrogens with zero attached hydrogens (tertiary/aromatic N) is 1. The maximum Gasteiger partial charge on any atom is 0.306 e. The fourth-order valence-electron chi connectivity index (χ4n) is 7.30. The summed E-state index contributed by atoms with van der Waals surface area (Å²) in [6.45, 7) is 11.8. The van der Waals surface area contributed by atoms with Crippen LogP contribution >= 0.6 is 0 Å². The van der Waals surface area contributed by atoms with Gasteiger partial charge in [0.05, 0.1) is 6.61 Å². The van der Waals surface area contributed by atoms with E-state index >= 15 is 0 Å². The molecular formula is C46H91NO5. The average molecular weight is 738 g/mol. The highest BCUT2D eigenvalue weighted by molar-refractivity contribution is 5.69. The quantitative estimate of drug-likeness (QED) is 0.0496. The number of carbonyl (C=O) groups excluding carboxylic acids is 2. The molecule has 1 atom stereocenters. The fourth-order valence-corrected chi connectivity index (χ4v) is 7.30. The van der Waals surface area contributed by atoms with Gasteiger partial charge in [0.25, 0.3) is 0 Å². The second-order valence-electron chi connectivity index (χ2n) is 15.9. The van der Waals surface area contributed by atoms with Crippen molar-refractivity contribution in [2.75, 3.05) is 26.2 Å². The van der Waals surface area contributed by atoms with Gasteiger partial charge in [0.15, 0.2) is 0 Å². The highest BCUT2D eigenvalue weighted by atomic mass is 16.5. The molecule has 0 aliphatic rings. The minimum absolute atomic E-state index is 0.00772. The Bertz CT molecular complexity index is 730.